The topological polar surface area (TPSA) is 116 Å². The Labute approximate surface area is 157 Å². The molecule has 8 nitrogen and oxygen atoms in total. The fourth-order valence-corrected chi connectivity index (χ4v) is 3.61. The fraction of sp³-hybridized carbons (Fsp3) is 0.389. The maximum atomic E-state index is 12.9. The second-order valence-electron chi connectivity index (χ2n) is 6.36. The monoisotopic (exact) mass is 394 g/mol. The summed E-state index contributed by atoms with van der Waals surface area (Å²) in [5.41, 5.74) is 0.0379. The number of carbonyl (C=O) groups is 2. The molecule has 146 valence electrons. The van der Waals surface area contributed by atoms with Crippen LogP contribution in [0.3, 0.4) is 0 Å². The molecule has 27 heavy (non-hydrogen) atoms. The minimum atomic E-state index is -3.73. The molecule has 1 N–H and O–H groups in total. The van der Waals surface area contributed by atoms with Gasteiger partial charge in [-0.25, -0.2) is 17.9 Å². The highest BCUT2D eigenvalue weighted by Gasteiger charge is 2.28. The lowest BCUT2D eigenvalue weighted by Crippen LogP contribution is -2.19. The minimum Gasteiger partial charge on any atom is -0.493 e. The van der Waals surface area contributed by atoms with E-state index in [1.54, 1.807) is 20.8 Å². The number of aromatic nitrogens is 2. The van der Waals surface area contributed by atoms with Crippen molar-refractivity contribution in [1.82, 2.24) is 9.78 Å². The third kappa shape index (κ3) is 4.02. The zero-order chi connectivity index (χ0) is 20.5. The molecule has 0 saturated carbocycles. The number of sulfone groups is 1. The summed E-state index contributed by atoms with van der Waals surface area (Å²) >= 11 is 0. The number of hydrogen-bond donors (Lipinski definition) is 1. The molecule has 1 heterocycles. The lowest BCUT2D eigenvalue weighted by Gasteiger charge is -2.15. The van der Waals surface area contributed by atoms with Crippen LogP contribution < -0.4 is 0 Å². The molecule has 9 heteroatoms. The largest absolute Gasteiger partial charge is 0.493 e. The Hall–Kier alpha value is -2.68. The summed E-state index contributed by atoms with van der Waals surface area (Å²) in [6, 6.07) is 2.52. The third-order valence-corrected chi connectivity index (χ3v) is 5.11. The summed E-state index contributed by atoms with van der Waals surface area (Å²) in [6.07, 6.45) is 1.75. The van der Waals surface area contributed by atoms with E-state index in [2.05, 4.69) is 5.10 Å². The quantitative estimate of drug-likeness (QED) is 0.589. The van der Waals surface area contributed by atoms with E-state index in [9.17, 15) is 23.1 Å². The molecular weight excluding hydrogens is 372 g/mol. The van der Waals surface area contributed by atoms with Crippen LogP contribution in [0.4, 0.5) is 0 Å². The second kappa shape index (κ2) is 7.51. The summed E-state index contributed by atoms with van der Waals surface area (Å²) in [4.78, 5) is 25.2. The van der Waals surface area contributed by atoms with Gasteiger partial charge < -0.3 is 9.84 Å². The molecule has 2 rings (SSSR count). The molecule has 1 aromatic heterocycles. The molecule has 0 fully saturated rings. The van der Waals surface area contributed by atoms with Gasteiger partial charge in [0.1, 0.15) is 5.56 Å². The van der Waals surface area contributed by atoms with Gasteiger partial charge in [-0.2, -0.15) is 5.10 Å². The number of benzene rings is 1. The van der Waals surface area contributed by atoms with Crippen molar-refractivity contribution < 1.29 is 27.9 Å². The van der Waals surface area contributed by atoms with Gasteiger partial charge in [0.25, 0.3) is 0 Å². The number of ether oxygens (including phenoxy) is 1. The average Bonchev–Trinajstić information content (AvgIpc) is 2.92. The summed E-state index contributed by atoms with van der Waals surface area (Å²) in [5, 5.41) is 14.0. The summed E-state index contributed by atoms with van der Waals surface area (Å²) in [6.45, 7) is 6.88. The van der Waals surface area contributed by atoms with Gasteiger partial charge in [-0.1, -0.05) is 0 Å². The highest BCUT2D eigenvalue weighted by Crippen LogP contribution is 2.28. The van der Waals surface area contributed by atoms with Crippen molar-refractivity contribution in [1.29, 1.82) is 0 Å². The minimum absolute atomic E-state index is 0.0322. The number of esters is 1. The fourth-order valence-electron chi connectivity index (χ4n) is 2.68. The Morgan fingerprint density at radius 1 is 1.26 bits per heavy atom. The van der Waals surface area contributed by atoms with E-state index >= 15 is 0 Å². The van der Waals surface area contributed by atoms with Crippen LogP contribution in [0.1, 0.15) is 52.6 Å². The van der Waals surface area contributed by atoms with E-state index < -0.39 is 27.7 Å². The lowest BCUT2D eigenvalue weighted by atomic mass is 9.96. The van der Waals surface area contributed by atoms with Crippen LogP contribution in [0.25, 0.3) is 0 Å². The molecule has 0 unspecified atom stereocenters. The Morgan fingerprint density at radius 2 is 1.89 bits per heavy atom. The Kier molecular flexibility index (Phi) is 5.74. The molecule has 0 aliphatic carbocycles. The molecule has 0 aliphatic heterocycles. The van der Waals surface area contributed by atoms with E-state index in [0.717, 1.165) is 6.26 Å². The molecule has 0 amide bonds. The van der Waals surface area contributed by atoms with Crippen LogP contribution in [-0.2, 0) is 21.1 Å². The van der Waals surface area contributed by atoms with E-state index in [4.69, 9.17) is 4.74 Å². The standard InChI is InChI=1S/C18H22N2O6S/c1-6-20-17(22)13(9-19-20)16(21)12-7-8-14(27(5,24)25)15(11(12)4)18(23)26-10(2)3/h7-10,22H,6H2,1-5H3. The van der Waals surface area contributed by atoms with Crippen LogP contribution >= 0.6 is 0 Å². The molecule has 0 aliphatic rings. The molecule has 0 atom stereocenters. The molecule has 0 saturated heterocycles. The van der Waals surface area contributed by atoms with Crippen molar-refractivity contribution in [2.75, 3.05) is 6.26 Å². The van der Waals surface area contributed by atoms with Gasteiger partial charge in [-0.05, 0) is 45.4 Å². The molecule has 2 aromatic rings. The predicted octanol–water partition coefficient (Wildman–Crippen LogP) is 2.12. The number of rotatable bonds is 6. The summed E-state index contributed by atoms with van der Waals surface area (Å²) in [7, 11) is -3.73. The van der Waals surface area contributed by atoms with Crippen molar-refractivity contribution in [3.8, 4) is 5.88 Å². The van der Waals surface area contributed by atoms with Crippen LogP contribution in [-0.4, -0.2) is 47.4 Å². The zero-order valence-electron chi connectivity index (χ0n) is 15.8. The number of carbonyl (C=O) groups excluding carboxylic acids is 2. The highest BCUT2D eigenvalue weighted by molar-refractivity contribution is 7.90. The van der Waals surface area contributed by atoms with E-state index in [0.29, 0.717) is 6.54 Å². The number of aryl methyl sites for hydroxylation is 1. The molecule has 0 radical (unpaired) electrons. The van der Waals surface area contributed by atoms with Gasteiger partial charge in [0, 0.05) is 18.4 Å². The Morgan fingerprint density at radius 3 is 2.37 bits per heavy atom. The first-order valence-corrected chi connectivity index (χ1v) is 10.2. The summed E-state index contributed by atoms with van der Waals surface area (Å²) < 4.78 is 30.6. The Balaban J connectivity index is 2.67. The van der Waals surface area contributed by atoms with E-state index in [1.165, 1.54) is 29.9 Å². The van der Waals surface area contributed by atoms with Crippen LogP contribution in [0, 0.1) is 6.92 Å². The first-order valence-electron chi connectivity index (χ1n) is 8.33. The maximum absolute atomic E-state index is 12.9. The first kappa shape index (κ1) is 20.6. The Bertz CT molecular complexity index is 1010. The number of aromatic hydroxyl groups is 1. The lowest BCUT2D eigenvalue weighted by molar-refractivity contribution is 0.0372. The number of nitrogens with zero attached hydrogens (tertiary/aromatic N) is 2. The number of hydrogen-bond acceptors (Lipinski definition) is 7. The van der Waals surface area contributed by atoms with Gasteiger partial charge in [0.15, 0.2) is 15.6 Å². The third-order valence-electron chi connectivity index (χ3n) is 3.97. The average molecular weight is 394 g/mol. The molecular formula is C18H22N2O6S. The number of ketones is 1. The van der Waals surface area contributed by atoms with Crippen molar-refractivity contribution in [2.45, 2.75) is 45.2 Å². The second-order valence-corrected chi connectivity index (χ2v) is 8.35. The predicted molar refractivity (Wildman–Crippen MR) is 97.8 cm³/mol. The van der Waals surface area contributed by atoms with Gasteiger partial charge in [0.2, 0.25) is 5.88 Å². The van der Waals surface area contributed by atoms with Gasteiger partial charge in [0.05, 0.1) is 22.8 Å². The van der Waals surface area contributed by atoms with Gasteiger partial charge in [-0.15, -0.1) is 0 Å². The van der Waals surface area contributed by atoms with Crippen LogP contribution in [0.15, 0.2) is 23.2 Å². The van der Waals surface area contributed by atoms with E-state index in [1.807, 2.05) is 0 Å². The first-order chi connectivity index (χ1) is 12.5. The molecule has 1 aromatic carbocycles. The van der Waals surface area contributed by atoms with Gasteiger partial charge in [-0.3, -0.25) is 4.79 Å². The molecule has 0 spiro atoms. The maximum Gasteiger partial charge on any atom is 0.340 e. The van der Waals surface area contributed by atoms with E-state index in [-0.39, 0.29) is 33.0 Å². The molecule has 0 bridgehead atoms. The van der Waals surface area contributed by atoms with Crippen LogP contribution in [0.5, 0.6) is 5.88 Å². The normalized spacial score (nSPS) is 11.6. The van der Waals surface area contributed by atoms with Crippen molar-refractivity contribution in [3.05, 3.63) is 40.6 Å². The van der Waals surface area contributed by atoms with Crippen molar-refractivity contribution in [3.63, 3.8) is 0 Å². The smallest absolute Gasteiger partial charge is 0.340 e. The van der Waals surface area contributed by atoms with Crippen LogP contribution in [0.2, 0.25) is 0 Å². The summed E-state index contributed by atoms with van der Waals surface area (Å²) in [5.74, 6) is -1.69. The van der Waals surface area contributed by atoms with Crippen molar-refractivity contribution in [2.24, 2.45) is 0 Å². The van der Waals surface area contributed by atoms with Gasteiger partial charge >= 0.3 is 5.97 Å². The van der Waals surface area contributed by atoms with Crippen molar-refractivity contribution >= 4 is 21.6 Å². The SMILES string of the molecule is CCn1ncc(C(=O)c2ccc(S(C)(=O)=O)c(C(=O)OC(C)C)c2C)c1O. The zero-order valence-corrected chi connectivity index (χ0v) is 16.6. The highest BCUT2D eigenvalue weighted by atomic mass is 32.2.